The van der Waals surface area contributed by atoms with Crippen molar-refractivity contribution >= 4 is 6.08 Å². The molecule has 0 aromatic heterocycles. The minimum Gasteiger partial charge on any atom is -0.563 e. The van der Waals surface area contributed by atoms with Gasteiger partial charge in [-0.2, -0.15) is 13.2 Å². The van der Waals surface area contributed by atoms with E-state index < -0.39 is 11.7 Å². The largest absolute Gasteiger partial charge is 1.00 e. The summed E-state index contributed by atoms with van der Waals surface area (Å²) in [5.41, 5.74) is 3.20. The first-order valence-corrected chi connectivity index (χ1v) is 5.01. The second kappa shape index (κ2) is 9.38. The van der Waals surface area contributed by atoms with Crippen molar-refractivity contribution in [3.63, 3.8) is 0 Å². The molecule has 0 N–H and O–H groups in total. The van der Waals surface area contributed by atoms with Gasteiger partial charge >= 0.3 is 57.6 Å². The minimum absolute atomic E-state index is 0. The number of alkyl halides is 3. The zero-order chi connectivity index (χ0) is 13.4. The molecule has 0 atom stereocenters. The average Bonchev–Trinajstić information content (AvgIpc) is 2.33. The fourth-order valence-electron chi connectivity index (χ4n) is 1.10. The fourth-order valence-corrected chi connectivity index (χ4v) is 1.10. The van der Waals surface area contributed by atoms with E-state index in [1.165, 1.54) is 36.8 Å². The van der Waals surface area contributed by atoms with Crippen LogP contribution in [-0.2, 0) is 11.0 Å². The number of benzene rings is 1. The molecule has 0 saturated heterocycles. The minimum atomic E-state index is -4.34. The van der Waals surface area contributed by atoms with Crippen LogP contribution in [0.3, 0.4) is 0 Å². The van der Waals surface area contributed by atoms with Gasteiger partial charge in [-0.3, -0.25) is 0 Å². The summed E-state index contributed by atoms with van der Waals surface area (Å²) in [6, 6.07) is 4.92. The average molecular weight is 293 g/mol. The summed E-state index contributed by atoms with van der Waals surface area (Å²) in [5.74, 6) is 0. The van der Waals surface area contributed by atoms with Crippen LogP contribution >= 0.6 is 0 Å². The zero-order valence-electron chi connectivity index (χ0n) is 10.4. The van der Waals surface area contributed by atoms with Crippen LogP contribution in [0, 0.1) is 0 Å². The Bertz CT molecular complexity index is 455. The normalized spacial score (nSPS) is 11.3. The molecule has 0 aliphatic heterocycles. The molecule has 0 radical (unpaired) electrons. The van der Waals surface area contributed by atoms with Crippen molar-refractivity contribution in [2.45, 2.75) is 6.18 Å². The Balaban J connectivity index is 0.00000324. The Kier molecular flexibility index (Phi) is 9.12. The first-order chi connectivity index (χ1) is 8.54. The topological polar surface area (TPSA) is 23.3 Å². The summed E-state index contributed by atoms with van der Waals surface area (Å²) in [4.78, 5) is 4.66. The Labute approximate surface area is 152 Å². The molecule has 0 amide bonds. The summed E-state index contributed by atoms with van der Waals surface area (Å²) < 4.78 is 37.2. The van der Waals surface area contributed by atoms with E-state index in [2.05, 4.69) is 16.9 Å². The van der Waals surface area contributed by atoms with E-state index in [-0.39, 0.29) is 51.4 Å². The number of hydrogen-bond acceptors (Lipinski definition) is 1. The number of halogens is 3. The first kappa shape index (κ1) is 18.5. The second-order valence-electron chi connectivity index (χ2n) is 3.21. The van der Waals surface area contributed by atoms with Crippen LogP contribution in [0.4, 0.5) is 13.2 Å². The molecule has 0 aliphatic rings. The van der Waals surface area contributed by atoms with E-state index in [1.54, 1.807) is 6.07 Å². The monoisotopic (exact) mass is 293 g/mol. The fraction of sp³-hybridized carbons (Fsp3) is 0.0769. The number of rotatable bonds is 5. The van der Waals surface area contributed by atoms with Gasteiger partial charge in [0.15, 0.2) is 0 Å². The van der Waals surface area contributed by atoms with Crippen molar-refractivity contribution < 1.29 is 69.4 Å². The predicted octanol–water partition coefficient (Wildman–Crippen LogP) is 1.69. The van der Waals surface area contributed by atoms with Gasteiger partial charge in [0.25, 0.3) is 0 Å². The third kappa shape index (κ3) is 7.59. The summed E-state index contributed by atoms with van der Waals surface area (Å²) in [7, 11) is 0. The SMILES string of the molecule is C=C/C=C\O[N-]/C=C/c1cccc(C(F)(F)F)c1.[K+]. The van der Waals surface area contributed by atoms with Gasteiger partial charge in [-0.15, -0.1) is 6.20 Å². The number of allylic oxidation sites excluding steroid dienone is 2. The van der Waals surface area contributed by atoms with Gasteiger partial charge in [-0.25, -0.2) is 0 Å². The molecule has 0 saturated carbocycles. The Morgan fingerprint density at radius 2 is 2.00 bits per heavy atom. The first-order valence-electron chi connectivity index (χ1n) is 5.01. The van der Waals surface area contributed by atoms with Crippen molar-refractivity contribution in [1.82, 2.24) is 0 Å². The smallest absolute Gasteiger partial charge is 0.563 e. The summed E-state index contributed by atoms with van der Waals surface area (Å²) in [5, 5.41) is 0. The van der Waals surface area contributed by atoms with Crippen molar-refractivity contribution in [3.05, 3.63) is 72.1 Å². The van der Waals surface area contributed by atoms with Crippen LogP contribution in [0.2, 0.25) is 0 Å². The molecular weight excluding hydrogens is 282 g/mol. The maximum Gasteiger partial charge on any atom is 1.00 e. The maximum atomic E-state index is 12.4. The van der Waals surface area contributed by atoms with Crippen LogP contribution in [0.5, 0.6) is 0 Å². The van der Waals surface area contributed by atoms with Crippen molar-refractivity contribution in [1.29, 1.82) is 0 Å². The van der Waals surface area contributed by atoms with Crippen LogP contribution in [0.25, 0.3) is 11.6 Å². The molecule has 0 aliphatic carbocycles. The summed E-state index contributed by atoms with van der Waals surface area (Å²) >= 11 is 0. The number of nitrogens with zero attached hydrogens (tertiary/aromatic N) is 1. The van der Waals surface area contributed by atoms with E-state index in [4.69, 9.17) is 0 Å². The van der Waals surface area contributed by atoms with Crippen LogP contribution in [0.1, 0.15) is 11.1 Å². The molecule has 0 heterocycles. The molecule has 1 aromatic rings. The van der Waals surface area contributed by atoms with Gasteiger partial charge in [-0.1, -0.05) is 30.9 Å². The van der Waals surface area contributed by atoms with Gasteiger partial charge in [0.1, 0.15) is 0 Å². The van der Waals surface area contributed by atoms with Gasteiger partial charge < -0.3 is 10.3 Å². The van der Waals surface area contributed by atoms with E-state index in [9.17, 15) is 13.2 Å². The van der Waals surface area contributed by atoms with Gasteiger partial charge in [0, 0.05) is 0 Å². The molecule has 0 fully saturated rings. The number of hydroxylamine groups is 1. The molecule has 1 aromatic carbocycles. The Hall–Kier alpha value is -0.534. The molecule has 0 spiro atoms. The molecule has 0 bridgehead atoms. The third-order valence-electron chi connectivity index (χ3n) is 1.88. The summed E-state index contributed by atoms with van der Waals surface area (Å²) in [6.07, 6.45) is 2.67. The molecule has 0 unspecified atom stereocenters. The molecule has 96 valence electrons. The van der Waals surface area contributed by atoms with Gasteiger partial charge in [-0.05, 0) is 23.8 Å². The van der Waals surface area contributed by atoms with Crippen molar-refractivity contribution in [2.75, 3.05) is 0 Å². The Morgan fingerprint density at radius 1 is 1.26 bits per heavy atom. The third-order valence-corrected chi connectivity index (χ3v) is 1.88. The van der Waals surface area contributed by atoms with Crippen LogP contribution in [0.15, 0.2) is 55.5 Å². The molecule has 19 heavy (non-hydrogen) atoms. The van der Waals surface area contributed by atoms with Gasteiger partial charge in [0.2, 0.25) is 0 Å². The molecule has 1 rings (SSSR count). The summed E-state index contributed by atoms with van der Waals surface area (Å²) in [6.45, 7) is 3.43. The van der Waals surface area contributed by atoms with Crippen LogP contribution < -0.4 is 51.4 Å². The van der Waals surface area contributed by atoms with Gasteiger partial charge in [0.05, 0.1) is 11.8 Å². The van der Waals surface area contributed by atoms with E-state index in [0.717, 1.165) is 12.1 Å². The number of hydrogen-bond donors (Lipinski definition) is 0. The van der Waals surface area contributed by atoms with E-state index >= 15 is 0 Å². The standard InChI is InChI=1S/C13H11F3NO.K/c1-2-3-9-18-17-8-7-11-5-4-6-12(10-11)13(14,15)16;/h2-10H,1H2;/q-1;+1/b8-7+,9-3-;. The zero-order valence-corrected chi connectivity index (χ0v) is 13.5. The quantitative estimate of drug-likeness (QED) is 0.266. The molecule has 2 nitrogen and oxygen atoms in total. The molecule has 6 heteroatoms. The second-order valence-corrected chi connectivity index (χ2v) is 3.21. The molecular formula is C13H11F3KNO. The van der Waals surface area contributed by atoms with E-state index in [1.807, 2.05) is 0 Å². The van der Waals surface area contributed by atoms with Crippen molar-refractivity contribution in [2.24, 2.45) is 0 Å². The van der Waals surface area contributed by atoms with Crippen LogP contribution in [-0.4, -0.2) is 0 Å². The predicted molar refractivity (Wildman–Crippen MR) is 64.3 cm³/mol. The van der Waals surface area contributed by atoms with Crippen molar-refractivity contribution in [3.8, 4) is 0 Å². The Morgan fingerprint density at radius 3 is 2.63 bits per heavy atom. The maximum absolute atomic E-state index is 12.4. The van der Waals surface area contributed by atoms with E-state index in [0.29, 0.717) is 5.56 Å².